The third-order valence-electron chi connectivity index (χ3n) is 1.76. The number of carboxylic acids is 1. The van der Waals surface area contributed by atoms with Gasteiger partial charge >= 0.3 is 12.3 Å². The molecule has 0 aromatic carbocycles. The average Bonchev–Trinajstić information content (AvgIpc) is 2.19. The fourth-order valence-corrected chi connectivity index (χ4v) is 2.20. The van der Waals surface area contributed by atoms with Crippen molar-refractivity contribution < 1.29 is 27.8 Å². The predicted molar refractivity (Wildman–Crippen MR) is 67.6 cm³/mol. The molecule has 0 bridgehead atoms. The molecular weight excluding hydrogens is 434 g/mol. The van der Waals surface area contributed by atoms with Crippen molar-refractivity contribution in [1.29, 1.82) is 0 Å². The van der Waals surface area contributed by atoms with Crippen LogP contribution in [0.15, 0.2) is 6.07 Å². The Hall–Kier alpha value is -0.580. The SMILES string of the molecule is O=C(O)Cc1nc(OC(F)(F)F)c(CBr)cc1I. The van der Waals surface area contributed by atoms with Crippen molar-refractivity contribution in [2.75, 3.05) is 0 Å². The van der Waals surface area contributed by atoms with Gasteiger partial charge < -0.3 is 9.84 Å². The Balaban J connectivity index is 3.17. The largest absolute Gasteiger partial charge is 0.574 e. The minimum Gasteiger partial charge on any atom is -0.481 e. The Morgan fingerprint density at radius 2 is 2.17 bits per heavy atom. The van der Waals surface area contributed by atoms with Crippen LogP contribution >= 0.6 is 38.5 Å². The van der Waals surface area contributed by atoms with Gasteiger partial charge in [-0.05, 0) is 28.7 Å². The Bertz CT molecular complexity index is 467. The third-order valence-corrected chi connectivity index (χ3v) is 3.30. The molecule has 0 fully saturated rings. The second-order valence-electron chi connectivity index (χ2n) is 3.13. The van der Waals surface area contributed by atoms with Crippen molar-refractivity contribution >= 4 is 44.5 Å². The highest BCUT2D eigenvalue weighted by Gasteiger charge is 2.33. The fraction of sp³-hybridized carbons (Fsp3) is 0.333. The number of alkyl halides is 4. The number of rotatable bonds is 4. The summed E-state index contributed by atoms with van der Waals surface area (Å²) in [6, 6.07) is 1.40. The molecular formula is C9H6BrF3INO3. The molecule has 0 aliphatic rings. The lowest BCUT2D eigenvalue weighted by atomic mass is 10.2. The highest BCUT2D eigenvalue weighted by molar-refractivity contribution is 14.1. The third kappa shape index (κ3) is 4.59. The Morgan fingerprint density at radius 3 is 2.61 bits per heavy atom. The van der Waals surface area contributed by atoms with Crippen molar-refractivity contribution in [1.82, 2.24) is 4.98 Å². The van der Waals surface area contributed by atoms with Crippen LogP contribution in [0, 0.1) is 3.57 Å². The zero-order valence-electron chi connectivity index (χ0n) is 8.59. The van der Waals surface area contributed by atoms with Gasteiger partial charge in [0.05, 0.1) is 12.1 Å². The quantitative estimate of drug-likeness (QED) is 0.578. The van der Waals surface area contributed by atoms with E-state index in [1.54, 1.807) is 0 Å². The standard InChI is InChI=1S/C9H6BrF3INO3/c10-3-4-1-5(14)6(2-7(16)17)15-8(4)18-9(11,12)13/h1H,2-3H2,(H,16,17). The van der Waals surface area contributed by atoms with Crippen molar-refractivity contribution in [2.24, 2.45) is 0 Å². The smallest absolute Gasteiger partial charge is 0.481 e. The molecule has 18 heavy (non-hydrogen) atoms. The first-order valence-corrected chi connectivity index (χ1v) is 6.64. The molecule has 1 heterocycles. The van der Waals surface area contributed by atoms with Crippen molar-refractivity contribution in [3.63, 3.8) is 0 Å². The first-order chi connectivity index (χ1) is 8.23. The van der Waals surface area contributed by atoms with Gasteiger partial charge in [0.1, 0.15) is 0 Å². The van der Waals surface area contributed by atoms with E-state index in [0.29, 0.717) is 3.57 Å². The number of pyridine rings is 1. The molecule has 100 valence electrons. The average molecular weight is 440 g/mol. The Labute approximate surface area is 122 Å². The highest BCUT2D eigenvalue weighted by Crippen LogP contribution is 2.28. The van der Waals surface area contributed by atoms with Crippen LogP contribution in [-0.4, -0.2) is 22.4 Å². The second-order valence-corrected chi connectivity index (χ2v) is 4.86. The van der Waals surface area contributed by atoms with Crippen molar-refractivity contribution in [2.45, 2.75) is 18.1 Å². The van der Waals surface area contributed by atoms with Crippen molar-refractivity contribution in [3.8, 4) is 5.88 Å². The van der Waals surface area contributed by atoms with E-state index in [-0.39, 0.29) is 16.6 Å². The first-order valence-electron chi connectivity index (χ1n) is 4.44. The van der Waals surface area contributed by atoms with Gasteiger partial charge in [-0.3, -0.25) is 4.79 Å². The number of halogens is 5. The summed E-state index contributed by atoms with van der Waals surface area (Å²) in [7, 11) is 0. The summed E-state index contributed by atoms with van der Waals surface area (Å²) in [5.74, 6) is -1.80. The number of aromatic nitrogens is 1. The van der Waals surface area contributed by atoms with E-state index in [1.807, 2.05) is 22.6 Å². The number of carbonyl (C=O) groups is 1. The van der Waals surface area contributed by atoms with Gasteiger partial charge in [-0.25, -0.2) is 4.98 Å². The first kappa shape index (κ1) is 15.5. The lowest BCUT2D eigenvalue weighted by molar-refractivity contribution is -0.276. The molecule has 1 aromatic rings. The molecule has 0 saturated heterocycles. The van der Waals surface area contributed by atoms with E-state index in [4.69, 9.17) is 5.11 Å². The summed E-state index contributed by atoms with van der Waals surface area (Å²) in [5.41, 5.74) is 0.234. The van der Waals surface area contributed by atoms with Gasteiger partial charge in [-0.15, -0.1) is 13.2 Å². The normalized spacial score (nSPS) is 11.4. The van der Waals surface area contributed by atoms with E-state index in [0.717, 1.165) is 0 Å². The fourth-order valence-electron chi connectivity index (χ4n) is 1.11. The summed E-state index contributed by atoms with van der Waals surface area (Å²) in [6.45, 7) is 0. The summed E-state index contributed by atoms with van der Waals surface area (Å²) in [4.78, 5) is 14.2. The minimum absolute atomic E-state index is 0.0343. The lowest BCUT2D eigenvalue weighted by Crippen LogP contribution is -2.20. The van der Waals surface area contributed by atoms with Gasteiger partial charge in [0.15, 0.2) is 0 Å². The van der Waals surface area contributed by atoms with Gasteiger partial charge in [0.25, 0.3) is 0 Å². The van der Waals surface area contributed by atoms with Gasteiger partial charge in [-0.1, -0.05) is 15.9 Å². The summed E-state index contributed by atoms with van der Waals surface area (Å²) in [6.07, 6.45) is -5.33. The number of hydrogen-bond donors (Lipinski definition) is 1. The Kier molecular flexibility index (Phi) is 5.20. The number of ether oxygens (including phenoxy) is 1. The van der Waals surface area contributed by atoms with E-state index >= 15 is 0 Å². The molecule has 0 atom stereocenters. The maximum atomic E-state index is 12.2. The number of nitrogens with zero attached hydrogens (tertiary/aromatic N) is 1. The van der Waals surface area contributed by atoms with Crippen LogP contribution in [0.1, 0.15) is 11.3 Å². The van der Waals surface area contributed by atoms with E-state index < -0.39 is 24.6 Å². The van der Waals surface area contributed by atoms with Crippen LogP contribution in [-0.2, 0) is 16.5 Å². The molecule has 0 unspecified atom stereocenters. The molecule has 0 saturated carbocycles. The van der Waals surface area contributed by atoms with Crippen LogP contribution in [0.4, 0.5) is 13.2 Å². The summed E-state index contributed by atoms with van der Waals surface area (Å²) >= 11 is 4.83. The monoisotopic (exact) mass is 439 g/mol. The molecule has 0 aliphatic carbocycles. The predicted octanol–water partition coefficient (Wildman–Crippen LogP) is 3.11. The topological polar surface area (TPSA) is 59.4 Å². The van der Waals surface area contributed by atoms with Crippen LogP contribution in [0.2, 0.25) is 0 Å². The highest BCUT2D eigenvalue weighted by atomic mass is 127. The molecule has 0 amide bonds. The molecule has 9 heteroatoms. The molecule has 1 N–H and O–H groups in total. The Morgan fingerprint density at radius 1 is 1.56 bits per heavy atom. The summed E-state index contributed by atoms with van der Waals surface area (Å²) < 4.78 is 40.7. The van der Waals surface area contributed by atoms with Crippen LogP contribution in [0.25, 0.3) is 0 Å². The molecule has 0 spiro atoms. The molecule has 1 rings (SSSR count). The van der Waals surface area contributed by atoms with E-state index in [2.05, 4.69) is 25.7 Å². The van der Waals surface area contributed by atoms with Crippen molar-refractivity contribution in [3.05, 3.63) is 20.9 Å². The molecule has 0 aliphatic heterocycles. The zero-order chi connectivity index (χ0) is 13.9. The maximum absolute atomic E-state index is 12.2. The van der Waals surface area contributed by atoms with E-state index in [1.165, 1.54) is 6.07 Å². The molecule has 1 aromatic heterocycles. The number of hydrogen-bond acceptors (Lipinski definition) is 3. The lowest BCUT2D eigenvalue weighted by Gasteiger charge is -2.13. The van der Waals surface area contributed by atoms with Crippen LogP contribution in [0.5, 0.6) is 5.88 Å². The van der Waals surface area contributed by atoms with Gasteiger partial charge in [-0.2, -0.15) is 0 Å². The maximum Gasteiger partial charge on any atom is 0.574 e. The van der Waals surface area contributed by atoms with Gasteiger partial charge in [0, 0.05) is 14.5 Å². The summed E-state index contributed by atoms with van der Waals surface area (Å²) in [5, 5.41) is 8.75. The minimum atomic E-state index is -4.86. The van der Waals surface area contributed by atoms with Gasteiger partial charge in [0.2, 0.25) is 5.88 Å². The number of carboxylic acid groups (broad SMARTS) is 1. The molecule has 4 nitrogen and oxygen atoms in total. The van der Waals surface area contributed by atoms with Crippen LogP contribution < -0.4 is 4.74 Å². The van der Waals surface area contributed by atoms with E-state index in [9.17, 15) is 18.0 Å². The number of aliphatic carboxylic acids is 1. The second kappa shape index (κ2) is 6.04. The zero-order valence-corrected chi connectivity index (χ0v) is 12.3. The van der Waals surface area contributed by atoms with Crippen LogP contribution in [0.3, 0.4) is 0 Å². The molecule has 0 radical (unpaired) electrons.